The van der Waals surface area contributed by atoms with E-state index in [0.29, 0.717) is 31.3 Å². The number of aromatic nitrogens is 2. The number of ether oxygens (including phenoxy) is 2. The van der Waals surface area contributed by atoms with Gasteiger partial charge in [-0.1, -0.05) is 0 Å². The van der Waals surface area contributed by atoms with E-state index in [-0.39, 0.29) is 12.0 Å². The Labute approximate surface area is 158 Å². The van der Waals surface area contributed by atoms with Gasteiger partial charge in [0.25, 0.3) is 5.91 Å². The molecule has 0 unspecified atom stereocenters. The Morgan fingerprint density at radius 3 is 2.74 bits per heavy atom. The summed E-state index contributed by atoms with van der Waals surface area (Å²) in [5, 5.41) is 3.33. The number of hydrogen-bond donors (Lipinski definition) is 1. The Balaban J connectivity index is 1.28. The average Bonchev–Trinajstić information content (AvgIpc) is 3.22. The maximum Gasteiger partial charge on any atom is 0.255 e. The van der Waals surface area contributed by atoms with Crippen molar-refractivity contribution in [3.05, 3.63) is 48.4 Å². The predicted molar refractivity (Wildman–Crippen MR) is 101 cm³/mol. The Kier molecular flexibility index (Phi) is 5.48. The standard InChI is InChI=1S/C20H24N4O3/c25-20(15-3-4-19(22-12-15)23-16-7-11-26-14-16)24-9-5-17(6-10-24)27-18-2-1-8-21-13-18/h1-4,8,12-13,16-17H,5-7,9-11,14H2,(H,22,23)/t16-/m1/s1. The number of piperidine rings is 1. The van der Waals surface area contributed by atoms with E-state index in [1.165, 1.54) is 0 Å². The second kappa shape index (κ2) is 8.35. The molecule has 27 heavy (non-hydrogen) atoms. The van der Waals surface area contributed by atoms with Gasteiger partial charge in [0.15, 0.2) is 0 Å². The first-order valence-corrected chi connectivity index (χ1v) is 9.44. The Morgan fingerprint density at radius 1 is 1.19 bits per heavy atom. The zero-order valence-electron chi connectivity index (χ0n) is 15.2. The number of amides is 1. The molecule has 0 aliphatic carbocycles. The summed E-state index contributed by atoms with van der Waals surface area (Å²) in [6.07, 6.45) is 7.83. The highest BCUT2D eigenvalue weighted by atomic mass is 16.5. The van der Waals surface area contributed by atoms with Gasteiger partial charge in [0.1, 0.15) is 17.7 Å². The Bertz CT molecular complexity index is 740. The molecule has 0 saturated carbocycles. The van der Waals surface area contributed by atoms with Gasteiger partial charge in [-0.2, -0.15) is 0 Å². The fourth-order valence-electron chi connectivity index (χ4n) is 3.43. The zero-order valence-corrected chi connectivity index (χ0v) is 15.2. The molecule has 7 heteroatoms. The second-order valence-electron chi connectivity index (χ2n) is 6.94. The van der Waals surface area contributed by atoms with Gasteiger partial charge in [-0.3, -0.25) is 9.78 Å². The van der Waals surface area contributed by atoms with Crippen LogP contribution in [-0.4, -0.2) is 59.2 Å². The van der Waals surface area contributed by atoms with Crippen LogP contribution in [-0.2, 0) is 4.74 Å². The summed E-state index contributed by atoms with van der Waals surface area (Å²) in [7, 11) is 0. The molecule has 1 N–H and O–H groups in total. The van der Waals surface area contributed by atoms with E-state index in [1.54, 1.807) is 18.6 Å². The van der Waals surface area contributed by atoms with Crippen molar-refractivity contribution in [2.75, 3.05) is 31.6 Å². The quantitative estimate of drug-likeness (QED) is 0.873. The summed E-state index contributed by atoms with van der Waals surface area (Å²) in [6.45, 7) is 2.86. The predicted octanol–water partition coefficient (Wildman–Crippen LogP) is 2.36. The minimum Gasteiger partial charge on any atom is -0.489 e. The number of anilines is 1. The molecule has 1 amide bonds. The van der Waals surface area contributed by atoms with Crippen LogP contribution in [0.5, 0.6) is 5.75 Å². The minimum absolute atomic E-state index is 0.0260. The topological polar surface area (TPSA) is 76.6 Å². The summed E-state index contributed by atoms with van der Waals surface area (Å²) in [5.74, 6) is 1.59. The molecule has 0 radical (unpaired) electrons. The van der Waals surface area contributed by atoms with Crippen molar-refractivity contribution >= 4 is 11.7 Å². The van der Waals surface area contributed by atoms with E-state index in [4.69, 9.17) is 9.47 Å². The van der Waals surface area contributed by atoms with Crippen LogP contribution in [0.25, 0.3) is 0 Å². The number of nitrogens with one attached hydrogen (secondary N) is 1. The van der Waals surface area contributed by atoms with Gasteiger partial charge < -0.3 is 19.7 Å². The van der Waals surface area contributed by atoms with Gasteiger partial charge in [-0.15, -0.1) is 0 Å². The zero-order chi connectivity index (χ0) is 18.5. The van der Waals surface area contributed by atoms with Crippen LogP contribution in [0.15, 0.2) is 42.9 Å². The molecular formula is C20H24N4O3. The second-order valence-corrected chi connectivity index (χ2v) is 6.94. The smallest absolute Gasteiger partial charge is 0.255 e. The molecule has 2 fully saturated rings. The third-order valence-corrected chi connectivity index (χ3v) is 4.96. The lowest BCUT2D eigenvalue weighted by molar-refractivity contribution is 0.0594. The first-order chi connectivity index (χ1) is 13.3. The van der Waals surface area contributed by atoms with Gasteiger partial charge >= 0.3 is 0 Å². The van der Waals surface area contributed by atoms with Crippen LogP contribution in [0.4, 0.5) is 5.82 Å². The number of rotatable bonds is 5. The molecule has 0 bridgehead atoms. The highest BCUT2D eigenvalue weighted by Gasteiger charge is 2.25. The Hall–Kier alpha value is -2.67. The van der Waals surface area contributed by atoms with Gasteiger partial charge in [0.2, 0.25) is 0 Å². The maximum atomic E-state index is 12.7. The van der Waals surface area contributed by atoms with Crippen molar-refractivity contribution in [1.29, 1.82) is 0 Å². The molecule has 0 aromatic carbocycles. The number of pyridine rings is 2. The van der Waals surface area contributed by atoms with E-state index in [2.05, 4.69) is 15.3 Å². The molecular weight excluding hydrogens is 344 g/mol. The first-order valence-electron chi connectivity index (χ1n) is 9.44. The number of nitrogens with zero attached hydrogens (tertiary/aromatic N) is 3. The molecule has 2 aromatic heterocycles. The van der Waals surface area contributed by atoms with E-state index in [0.717, 1.165) is 37.4 Å². The van der Waals surface area contributed by atoms with Crippen LogP contribution in [0, 0.1) is 0 Å². The summed E-state index contributed by atoms with van der Waals surface area (Å²) >= 11 is 0. The minimum atomic E-state index is 0.0260. The van der Waals surface area contributed by atoms with Crippen molar-refractivity contribution in [3.63, 3.8) is 0 Å². The molecule has 1 atom stereocenters. The largest absolute Gasteiger partial charge is 0.489 e. The molecule has 4 rings (SSSR count). The number of hydrogen-bond acceptors (Lipinski definition) is 6. The molecule has 2 aromatic rings. The Morgan fingerprint density at radius 2 is 2.07 bits per heavy atom. The fraction of sp³-hybridized carbons (Fsp3) is 0.450. The number of carbonyl (C=O) groups is 1. The van der Waals surface area contributed by atoms with Gasteiger partial charge in [0, 0.05) is 44.9 Å². The highest BCUT2D eigenvalue weighted by Crippen LogP contribution is 2.20. The van der Waals surface area contributed by atoms with Crippen molar-refractivity contribution in [3.8, 4) is 5.75 Å². The van der Waals surface area contributed by atoms with Gasteiger partial charge in [0.05, 0.1) is 24.4 Å². The molecule has 7 nitrogen and oxygen atoms in total. The lowest BCUT2D eigenvalue weighted by atomic mass is 10.1. The number of likely N-dealkylation sites (tertiary alicyclic amines) is 1. The third-order valence-electron chi connectivity index (χ3n) is 4.96. The maximum absolute atomic E-state index is 12.7. The lowest BCUT2D eigenvalue weighted by Crippen LogP contribution is -2.41. The SMILES string of the molecule is O=C(c1ccc(N[C@@H]2CCOC2)nc1)N1CCC(Oc2cccnc2)CC1. The number of carbonyl (C=O) groups excluding carboxylic acids is 1. The molecule has 142 valence electrons. The van der Waals surface area contributed by atoms with Crippen LogP contribution in [0.3, 0.4) is 0 Å². The average molecular weight is 368 g/mol. The van der Waals surface area contributed by atoms with Crippen molar-refractivity contribution in [1.82, 2.24) is 14.9 Å². The monoisotopic (exact) mass is 368 g/mol. The summed E-state index contributed by atoms with van der Waals surface area (Å²) in [4.78, 5) is 23.0. The summed E-state index contributed by atoms with van der Waals surface area (Å²) in [6, 6.07) is 7.77. The molecule has 2 aliphatic heterocycles. The van der Waals surface area contributed by atoms with Gasteiger partial charge in [-0.25, -0.2) is 4.98 Å². The van der Waals surface area contributed by atoms with Crippen LogP contribution >= 0.6 is 0 Å². The van der Waals surface area contributed by atoms with Crippen LogP contribution < -0.4 is 10.1 Å². The lowest BCUT2D eigenvalue weighted by Gasteiger charge is -2.32. The summed E-state index contributed by atoms with van der Waals surface area (Å²) < 4.78 is 11.3. The molecule has 2 aliphatic rings. The molecule has 2 saturated heterocycles. The van der Waals surface area contributed by atoms with Crippen molar-refractivity contribution in [2.45, 2.75) is 31.4 Å². The summed E-state index contributed by atoms with van der Waals surface area (Å²) in [5.41, 5.74) is 0.620. The molecule has 0 spiro atoms. The van der Waals surface area contributed by atoms with Crippen molar-refractivity contribution in [2.24, 2.45) is 0 Å². The normalized spacial score (nSPS) is 20.4. The first kappa shape index (κ1) is 17.7. The third kappa shape index (κ3) is 4.54. The highest BCUT2D eigenvalue weighted by molar-refractivity contribution is 5.94. The fourth-order valence-corrected chi connectivity index (χ4v) is 3.43. The van der Waals surface area contributed by atoms with E-state index in [9.17, 15) is 4.79 Å². The van der Waals surface area contributed by atoms with E-state index >= 15 is 0 Å². The van der Waals surface area contributed by atoms with E-state index < -0.39 is 0 Å². The van der Waals surface area contributed by atoms with E-state index in [1.807, 2.05) is 29.2 Å². The van der Waals surface area contributed by atoms with Crippen LogP contribution in [0.2, 0.25) is 0 Å². The molecule has 4 heterocycles. The van der Waals surface area contributed by atoms with Gasteiger partial charge in [-0.05, 0) is 30.7 Å². The van der Waals surface area contributed by atoms with Crippen LogP contribution in [0.1, 0.15) is 29.6 Å². The van der Waals surface area contributed by atoms with Crippen molar-refractivity contribution < 1.29 is 14.3 Å².